The van der Waals surface area contributed by atoms with Crippen LogP contribution in [0.3, 0.4) is 0 Å². The van der Waals surface area contributed by atoms with Gasteiger partial charge in [0.05, 0.1) is 0 Å². The molecule has 3 heteroatoms. The van der Waals surface area contributed by atoms with Gasteiger partial charge in [0.25, 0.3) is 0 Å². The van der Waals surface area contributed by atoms with Crippen LogP contribution in [0.25, 0.3) is 0 Å². The third-order valence-electron chi connectivity index (χ3n) is 3.49. The first-order valence-electron chi connectivity index (χ1n) is 7.18. The van der Waals surface area contributed by atoms with E-state index in [1.807, 2.05) is 30.3 Å². The Morgan fingerprint density at radius 1 is 1.32 bits per heavy atom. The van der Waals surface area contributed by atoms with E-state index in [1.54, 1.807) is 0 Å². The second-order valence-electron chi connectivity index (χ2n) is 5.32. The van der Waals surface area contributed by atoms with Gasteiger partial charge in [-0.25, -0.2) is 0 Å². The summed E-state index contributed by atoms with van der Waals surface area (Å²) in [7, 11) is 0. The Labute approximate surface area is 116 Å². The average Bonchev–Trinajstić information content (AvgIpc) is 2.44. The highest BCUT2D eigenvalue weighted by atomic mass is 16.5. The van der Waals surface area contributed by atoms with Crippen molar-refractivity contribution in [2.45, 2.75) is 38.7 Å². The van der Waals surface area contributed by atoms with Crippen molar-refractivity contribution in [3.63, 3.8) is 0 Å². The normalized spacial score (nSPS) is 16.0. The average molecular weight is 265 g/mol. The van der Waals surface area contributed by atoms with Gasteiger partial charge in [-0.3, -0.25) is 0 Å². The van der Waals surface area contributed by atoms with Crippen molar-refractivity contribution in [2.75, 3.05) is 19.8 Å². The number of rotatable bonds is 9. The lowest BCUT2D eigenvalue weighted by molar-refractivity contribution is -0.00284. The maximum atomic E-state index is 10.6. The summed E-state index contributed by atoms with van der Waals surface area (Å²) in [5.41, 5.74) is 5.61. The molecule has 0 radical (unpaired) electrons. The summed E-state index contributed by atoms with van der Waals surface area (Å²) in [6.45, 7) is 5.87. The zero-order chi connectivity index (χ0) is 14.1. The molecule has 2 atom stereocenters. The zero-order valence-electron chi connectivity index (χ0n) is 12.1. The Hall–Kier alpha value is -0.900. The quantitative estimate of drug-likeness (QED) is 0.675. The van der Waals surface area contributed by atoms with Gasteiger partial charge in [0.2, 0.25) is 0 Å². The molecule has 0 aromatic heterocycles. The maximum absolute atomic E-state index is 10.6. The molecule has 0 spiro atoms. The number of ether oxygens (including phenoxy) is 1. The van der Waals surface area contributed by atoms with Crippen LogP contribution in [-0.2, 0) is 10.3 Å². The van der Waals surface area contributed by atoms with Gasteiger partial charge in [0.1, 0.15) is 5.60 Å². The minimum Gasteiger partial charge on any atom is -0.384 e. The van der Waals surface area contributed by atoms with Crippen LogP contribution in [0.5, 0.6) is 0 Å². The summed E-state index contributed by atoms with van der Waals surface area (Å²) in [5, 5.41) is 10.6. The van der Waals surface area contributed by atoms with E-state index in [9.17, 15) is 5.11 Å². The van der Waals surface area contributed by atoms with Crippen molar-refractivity contribution < 1.29 is 9.84 Å². The molecule has 0 aliphatic rings. The van der Waals surface area contributed by atoms with E-state index < -0.39 is 5.60 Å². The Balaban J connectivity index is 2.41. The van der Waals surface area contributed by atoms with Crippen LogP contribution in [0.2, 0.25) is 0 Å². The Kier molecular flexibility index (Phi) is 7.06. The lowest BCUT2D eigenvalue weighted by atomic mass is 9.91. The fourth-order valence-electron chi connectivity index (χ4n) is 2.21. The molecule has 1 aromatic carbocycles. The number of aliphatic hydroxyl groups is 1. The number of hydrogen-bond acceptors (Lipinski definition) is 3. The van der Waals surface area contributed by atoms with Gasteiger partial charge < -0.3 is 15.6 Å². The molecule has 3 N–H and O–H groups in total. The number of nitrogens with two attached hydrogens (primary N) is 1. The molecule has 0 aliphatic carbocycles. The second-order valence-corrected chi connectivity index (χ2v) is 5.32. The fourth-order valence-corrected chi connectivity index (χ4v) is 2.21. The van der Waals surface area contributed by atoms with Gasteiger partial charge in [-0.15, -0.1) is 0 Å². The van der Waals surface area contributed by atoms with Gasteiger partial charge in [0, 0.05) is 26.2 Å². The van der Waals surface area contributed by atoms with Gasteiger partial charge in [-0.2, -0.15) is 0 Å². The molecule has 2 unspecified atom stereocenters. The molecule has 0 saturated heterocycles. The summed E-state index contributed by atoms with van der Waals surface area (Å²) in [5.74, 6) is 0.577. The molecule has 0 aliphatic heterocycles. The topological polar surface area (TPSA) is 55.5 Å². The molecule has 108 valence electrons. The van der Waals surface area contributed by atoms with Crippen molar-refractivity contribution in [1.29, 1.82) is 0 Å². The van der Waals surface area contributed by atoms with Crippen LogP contribution < -0.4 is 5.73 Å². The minimum atomic E-state index is -0.977. The first-order valence-corrected chi connectivity index (χ1v) is 7.18. The molecule has 0 amide bonds. The highest BCUT2D eigenvalue weighted by Gasteiger charge is 2.26. The van der Waals surface area contributed by atoms with Gasteiger partial charge in [-0.05, 0) is 17.9 Å². The van der Waals surface area contributed by atoms with E-state index in [0.29, 0.717) is 18.9 Å². The third kappa shape index (κ3) is 5.31. The lowest BCUT2D eigenvalue weighted by Crippen LogP contribution is -2.36. The van der Waals surface area contributed by atoms with Crippen LogP contribution in [0.1, 0.15) is 38.7 Å². The van der Waals surface area contributed by atoms with E-state index in [4.69, 9.17) is 10.5 Å². The molecule has 0 bridgehead atoms. The molecule has 3 nitrogen and oxygen atoms in total. The Bertz CT molecular complexity index is 342. The highest BCUT2D eigenvalue weighted by molar-refractivity contribution is 5.22. The molecule has 0 heterocycles. The van der Waals surface area contributed by atoms with E-state index in [-0.39, 0.29) is 6.54 Å². The molecular weight excluding hydrogens is 238 g/mol. The monoisotopic (exact) mass is 265 g/mol. The fraction of sp³-hybridized carbons (Fsp3) is 0.625. The zero-order valence-corrected chi connectivity index (χ0v) is 12.1. The number of benzene rings is 1. The van der Waals surface area contributed by atoms with Crippen molar-refractivity contribution in [1.82, 2.24) is 0 Å². The van der Waals surface area contributed by atoms with Crippen LogP contribution in [-0.4, -0.2) is 24.9 Å². The maximum Gasteiger partial charge on any atom is 0.104 e. The van der Waals surface area contributed by atoms with Crippen molar-refractivity contribution in [2.24, 2.45) is 11.7 Å². The third-order valence-corrected chi connectivity index (χ3v) is 3.49. The molecule has 0 fully saturated rings. The van der Waals surface area contributed by atoms with Crippen molar-refractivity contribution in [3.8, 4) is 0 Å². The van der Waals surface area contributed by atoms with Gasteiger partial charge in [-0.1, -0.05) is 50.6 Å². The smallest absolute Gasteiger partial charge is 0.104 e. The van der Waals surface area contributed by atoms with Crippen LogP contribution in [0.15, 0.2) is 30.3 Å². The SMILES string of the molecule is CCCC(C)COCCC(O)(CN)c1ccccc1. The summed E-state index contributed by atoms with van der Waals surface area (Å²) in [6, 6.07) is 9.59. The van der Waals surface area contributed by atoms with Crippen molar-refractivity contribution in [3.05, 3.63) is 35.9 Å². The van der Waals surface area contributed by atoms with Crippen LogP contribution >= 0.6 is 0 Å². The first kappa shape index (κ1) is 16.2. The summed E-state index contributed by atoms with van der Waals surface area (Å²) in [6.07, 6.45) is 2.90. The van der Waals surface area contributed by atoms with E-state index in [2.05, 4.69) is 13.8 Å². The number of hydrogen-bond donors (Lipinski definition) is 2. The predicted octanol–water partition coefficient (Wildman–Crippen LogP) is 2.68. The molecule has 19 heavy (non-hydrogen) atoms. The van der Waals surface area contributed by atoms with Gasteiger partial charge in [0.15, 0.2) is 0 Å². The summed E-state index contributed by atoms with van der Waals surface area (Å²) in [4.78, 5) is 0. The van der Waals surface area contributed by atoms with Crippen LogP contribution in [0.4, 0.5) is 0 Å². The predicted molar refractivity (Wildman–Crippen MR) is 78.9 cm³/mol. The Morgan fingerprint density at radius 3 is 2.58 bits per heavy atom. The first-order chi connectivity index (χ1) is 9.12. The van der Waals surface area contributed by atoms with Crippen molar-refractivity contribution >= 4 is 0 Å². The second kappa shape index (κ2) is 8.31. The highest BCUT2D eigenvalue weighted by Crippen LogP contribution is 2.23. The van der Waals surface area contributed by atoms with E-state index in [0.717, 1.165) is 12.2 Å². The van der Waals surface area contributed by atoms with E-state index in [1.165, 1.54) is 12.8 Å². The molecule has 1 aromatic rings. The lowest BCUT2D eigenvalue weighted by Gasteiger charge is -2.27. The summed E-state index contributed by atoms with van der Waals surface area (Å²) < 4.78 is 5.65. The standard InChI is InChI=1S/C16H27NO2/c1-3-7-14(2)12-19-11-10-16(18,13-17)15-8-5-4-6-9-15/h4-6,8-9,14,18H,3,7,10-13,17H2,1-2H3. The summed E-state index contributed by atoms with van der Waals surface area (Å²) >= 11 is 0. The van der Waals surface area contributed by atoms with E-state index >= 15 is 0 Å². The van der Waals surface area contributed by atoms with Gasteiger partial charge >= 0.3 is 0 Å². The van der Waals surface area contributed by atoms with Crippen LogP contribution in [0, 0.1) is 5.92 Å². The largest absolute Gasteiger partial charge is 0.384 e. The molecular formula is C16H27NO2. The molecule has 0 saturated carbocycles. The Morgan fingerprint density at radius 2 is 2.00 bits per heavy atom. The minimum absolute atomic E-state index is 0.213. The molecule has 1 rings (SSSR count).